The molecule has 1 aliphatic heterocycles. The molecule has 2 N–H and O–H groups in total. The lowest BCUT2D eigenvalue weighted by Crippen LogP contribution is -2.25. The molecule has 0 spiro atoms. The standard InChI is InChI=1S/C21H18F2N6/c22-13-3-5-16(23)15(10-13)18-2-1-9-28(18)21-8-7-20-26-12-19(29(20)27-21)17-6-4-14(24)11-25-17/h3-8,10-12,18H,1-2,9,24H2. The van der Waals surface area contributed by atoms with Crippen LogP contribution >= 0.6 is 0 Å². The zero-order valence-corrected chi connectivity index (χ0v) is 15.5. The Balaban J connectivity index is 1.57. The maximum absolute atomic E-state index is 14.4. The summed E-state index contributed by atoms with van der Waals surface area (Å²) in [6, 6.07) is 10.6. The summed E-state index contributed by atoms with van der Waals surface area (Å²) in [4.78, 5) is 10.8. The lowest BCUT2D eigenvalue weighted by Gasteiger charge is -2.26. The van der Waals surface area contributed by atoms with Crippen LogP contribution in [0, 0.1) is 11.6 Å². The molecule has 0 aliphatic carbocycles. The van der Waals surface area contributed by atoms with Gasteiger partial charge in [-0.1, -0.05) is 0 Å². The fourth-order valence-corrected chi connectivity index (χ4v) is 3.88. The van der Waals surface area contributed by atoms with Crippen LogP contribution < -0.4 is 10.6 Å². The molecule has 1 fully saturated rings. The first-order valence-electron chi connectivity index (χ1n) is 9.38. The van der Waals surface area contributed by atoms with Gasteiger partial charge < -0.3 is 10.6 Å². The Hall–Kier alpha value is -3.55. The number of nitrogens with two attached hydrogens (primary N) is 1. The molecule has 0 radical (unpaired) electrons. The van der Waals surface area contributed by atoms with Crippen molar-refractivity contribution in [2.75, 3.05) is 17.2 Å². The van der Waals surface area contributed by atoms with Gasteiger partial charge in [0.25, 0.3) is 0 Å². The van der Waals surface area contributed by atoms with E-state index in [1.807, 2.05) is 23.1 Å². The average Bonchev–Trinajstić information content (AvgIpc) is 3.37. The molecule has 0 saturated carbocycles. The van der Waals surface area contributed by atoms with Crippen LogP contribution in [0.5, 0.6) is 0 Å². The van der Waals surface area contributed by atoms with Gasteiger partial charge in [0.05, 0.1) is 29.8 Å². The first-order valence-corrected chi connectivity index (χ1v) is 9.38. The van der Waals surface area contributed by atoms with Gasteiger partial charge in [0.2, 0.25) is 0 Å². The number of nitrogens with zero attached hydrogens (tertiary/aromatic N) is 5. The van der Waals surface area contributed by atoms with Crippen molar-refractivity contribution in [3.8, 4) is 11.4 Å². The van der Waals surface area contributed by atoms with Crippen LogP contribution in [0.2, 0.25) is 0 Å². The van der Waals surface area contributed by atoms with Crippen LogP contribution in [0.1, 0.15) is 24.4 Å². The number of imidazole rings is 1. The number of aromatic nitrogens is 4. The third-order valence-electron chi connectivity index (χ3n) is 5.26. The van der Waals surface area contributed by atoms with Gasteiger partial charge in [-0.05, 0) is 55.3 Å². The number of nitrogen functional groups attached to an aromatic ring is 1. The molecule has 0 amide bonds. The summed E-state index contributed by atoms with van der Waals surface area (Å²) < 4.78 is 29.8. The minimum absolute atomic E-state index is 0.266. The number of anilines is 2. The van der Waals surface area contributed by atoms with Crippen molar-refractivity contribution in [1.29, 1.82) is 0 Å². The van der Waals surface area contributed by atoms with E-state index < -0.39 is 11.6 Å². The highest BCUT2D eigenvalue weighted by Gasteiger charge is 2.30. The van der Waals surface area contributed by atoms with Crippen LogP contribution in [0.25, 0.3) is 17.0 Å². The number of benzene rings is 1. The molecule has 5 rings (SSSR count). The van der Waals surface area contributed by atoms with Gasteiger partial charge in [0, 0.05) is 12.1 Å². The summed E-state index contributed by atoms with van der Waals surface area (Å²) in [5.41, 5.74) is 8.77. The fourth-order valence-electron chi connectivity index (χ4n) is 3.88. The predicted octanol–water partition coefficient (Wildman–Crippen LogP) is 3.99. The molecule has 4 heterocycles. The number of fused-ring (bicyclic) bond motifs is 1. The molecular weight excluding hydrogens is 374 g/mol. The molecule has 29 heavy (non-hydrogen) atoms. The molecule has 1 unspecified atom stereocenters. The number of pyridine rings is 1. The van der Waals surface area contributed by atoms with E-state index >= 15 is 0 Å². The maximum atomic E-state index is 14.4. The average molecular weight is 392 g/mol. The van der Waals surface area contributed by atoms with E-state index in [1.54, 1.807) is 23.0 Å². The summed E-state index contributed by atoms with van der Waals surface area (Å²) in [5, 5.41) is 4.74. The SMILES string of the molecule is Nc1ccc(-c2cnc3ccc(N4CCCC4c4cc(F)ccc4F)nn23)nc1. The van der Waals surface area contributed by atoms with Crippen molar-refractivity contribution in [3.63, 3.8) is 0 Å². The van der Waals surface area contributed by atoms with Crippen molar-refractivity contribution in [3.05, 3.63) is 72.1 Å². The highest BCUT2D eigenvalue weighted by molar-refractivity contribution is 5.61. The Bertz CT molecular complexity index is 1190. The largest absolute Gasteiger partial charge is 0.397 e. The molecule has 3 aromatic heterocycles. The van der Waals surface area contributed by atoms with E-state index in [0.29, 0.717) is 35.0 Å². The molecule has 146 valence electrons. The third kappa shape index (κ3) is 3.06. The summed E-state index contributed by atoms with van der Waals surface area (Å²) in [5.74, 6) is -0.167. The van der Waals surface area contributed by atoms with Crippen LogP contribution in [0.4, 0.5) is 20.3 Å². The van der Waals surface area contributed by atoms with Crippen molar-refractivity contribution >= 4 is 17.2 Å². The van der Waals surface area contributed by atoms with E-state index in [9.17, 15) is 8.78 Å². The first-order chi connectivity index (χ1) is 14.1. The van der Waals surface area contributed by atoms with E-state index in [-0.39, 0.29) is 6.04 Å². The first kappa shape index (κ1) is 17.5. The van der Waals surface area contributed by atoms with Gasteiger partial charge in [0.15, 0.2) is 5.65 Å². The second-order valence-electron chi connectivity index (χ2n) is 7.10. The Kier molecular flexibility index (Phi) is 4.12. The summed E-state index contributed by atoms with van der Waals surface area (Å²) in [7, 11) is 0. The van der Waals surface area contributed by atoms with Crippen molar-refractivity contribution in [1.82, 2.24) is 19.6 Å². The minimum Gasteiger partial charge on any atom is -0.397 e. The fraction of sp³-hybridized carbons (Fsp3) is 0.190. The number of hydrogen-bond acceptors (Lipinski definition) is 5. The van der Waals surface area contributed by atoms with Gasteiger partial charge in [-0.15, -0.1) is 5.10 Å². The molecule has 6 nitrogen and oxygen atoms in total. The molecule has 1 saturated heterocycles. The molecule has 1 aromatic carbocycles. The lowest BCUT2D eigenvalue weighted by molar-refractivity contribution is 0.559. The van der Waals surface area contributed by atoms with Gasteiger partial charge in [-0.3, -0.25) is 4.98 Å². The predicted molar refractivity (Wildman–Crippen MR) is 106 cm³/mol. The van der Waals surface area contributed by atoms with Gasteiger partial charge >= 0.3 is 0 Å². The quantitative estimate of drug-likeness (QED) is 0.571. The number of halogens is 2. The Morgan fingerprint density at radius 3 is 2.72 bits per heavy atom. The van der Waals surface area contributed by atoms with Gasteiger partial charge in [-0.2, -0.15) is 0 Å². The zero-order valence-electron chi connectivity index (χ0n) is 15.5. The Labute approximate surface area is 165 Å². The van der Waals surface area contributed by atoms with Gasteiger partial charge in [0.1, 0.15) is 23.1 Å². The molecule has 0 bridgehead atoms. The second-order valence-corrected chi connectivity index (χ2v) is 7.10. The molecule has 8 heteroatoms. The highest BCUT2D eigenvalue weighted by atomic mass is 19.1. The molecule has 1 atom stereocenters. The van der Waals surface area contributed by atoms with Crippen LogP contribution in [-0.4, -0.2) is 26.1 Å². The van der Waals surface area contributed by atoms with Crippen molar-refractivity contribution < 1.29 is 8.78 Å². The highest BCUT2D eigenvalue weighted by Crippen LogP contribution is 2.36. The summed E-state index contributed by atoms with van der Waals surface area (Å²) >= 11 is 0. The minimum atomic E-state index is -0.442. The summed E-state index contributed by atoms with van der Waals surface area (Å²) in [6.45, 7) is 0.712. The maximum Gasteiger partial charge on any atom is 0.154 e. The third-order valence-corrected chi connectivity index (χ3v) is 5.26. The normalized spacial score (nSPS) is 16.6. The zero-order chi connectivity index (χ0) is 20.0. The van der Waals surface area contributed by atoms with E-state index in [2.05, 4.69) is 9.97 Å². The van der Waals surface area contributed by atoms with Crippen LogP contribution in [-0.2, 0) is 0 Å². The van der Waals surface area contributed by atoms with Crippen molar-refractivity contribution in [2.24, 2.45) is 0 Å². The van der Waals surface area contributed by atoms with E-state index in [4.69, 9.17) is 10.8 Å². The van der Waals surface area contributed by atoms with Crippen molar-refractivity contribution in [2.45, 2.75) is 18.9 Å². The lowest BCUT2D eigenvalue weighted by atomic mass is 10.0. The molecule has 4 aromatic rings. The van der Waals surface area contributed by atoms with Crippen LogP contribution in [0.15, 0.2) is 54.9 Å². The van der Waals surface area contributed by atoms with Gasteiger partial charge in [-0.25, -0.2) is 18.3 Å². The second kappa shape index (κ2) is 6.80. The van der Waals surface area contributed by atoms with E-state index in [1.165, 1.54) is 12.1 Å². The molecule has 1 aliphatic rings. The van der Waals surface area contributed by atoms with E-state index in [0.717, 1.165) is 24.6 Å². The number of rotatable bonds is 3. The topological polar surface area (TPSA) is 72.3 Å². The van der Waals surface area contributed by atoms with Crippen LogP contribution in [0.3, 0.4) is 0 Å². The Morgan fingerprint density at radius 1 is 1.00 bits per heavy atom. The monoisotopic (exact) mass is 392 g/mol. The Morgan fingerprint density at radius 2 is 1.90 bits per heavy atom. The molecular formula is C21H18F2N6. The smallest absolute Gasteiger partial charge is 0.154 e. The number of hydrogen-bond donors (Lipinski definition) is 1. The summed E-state index contributed by atoms with van der Waals surface area (Å²) in [6.07, 6.45) is 4.90.